The minimum Gasteiger partial charge on any atom is -0.465 e. The maximum Gasteiger partial charge on any atom is 0.326 e. The Morgan fingerprint density at radius 1 is 1.32 bits per heavy atom. The van der Waals surface area contributed by atoms with Gasteiger partial charge < -0.3 is 14.8 Å². The summed E-state index contributed by atoms with van der Waals surface area (Å²) >= 11 is 1.86. The molecule has 0 spiro atoms. The van der Waals surface area contributed by atoms with Gasteiger partial charge in [0.2, 0.25) is 0 Å². The van der Waals surface area contributed by atoms with Crippen molar-refractivity contribution in [2.24, 2.45) is 0 Å². The predicted octanol–water partition coefficient (Wildman–Crippen LogP) is 2.47. The summed E-state index contributed by atoms with van der Waals surface area (Å²) in [6, 6.07) is 0. The van der Waals surface area contributed by atoms with Gasteiger partial charge in [-0.15, -0.1) is 0 Å². The average molecular weight is 291 g/mol. The van der Waals surface area contributed by atoms with Crippen molar-refractivity contribution in [2.45, 2.75) is 45.6 Å². The normalized spacial score (nSPS) is 14.1. The first-order chi connectivity index (χ1) is 9.10. The molecular weight excluding hydrogens is 262 g/mol. The Bertz CT molecular complexity index is 239. The monoisotopic (exact) mass is 291 g/mol. The Kier molecular flexibility index (Phi) is 11.4. The van der Waals surface area contributed by atoms with Crippen molar-refractivity contribution in [1.82, 2.24) is 5.32 Å². The summed E-state index contributed by atoms with van der Waals surface area (Å²) in [7, 11) is 1.72. The van der Waals surface area contributed by atoms with Gasteiger partial charge in [0.25, 0.3) is 0 Å². The lowest BCUT2D eigenvalue weighted by atomic mass is 9.96. The maximum absolute atomic E-state index is 12.0. The summed E-state index contributed by atoms with van der Waals surface area (Å²) in [5.74, 6) is 1.92. The molecule has 0 saturated heterocycles. The van der Waals surface area contributed by atoms with Gasteiger partial charge in [0.15, 0.2) is 0 Å². The molecule has 0 radical (unpaired) electrons. The van der Waals surface area contributed by atoms with Gasteiger partial charge in [0.05, 0.1) is 13.2 Å². The van der Waals surface area contributed by atoms with Crippen molar-refractivity contribution >= 4 is 17.7 Å². The predicted molar refractivity (Wildman–Crippen MR) is 81.8 cm³/mol. The summed E-state index contributed by atoms with van der Waals surface area (Å²) in [5.41, 5.74) is -0.548. The van der Waals surface area contributed by atoms with Crippen molar-refractivity contribution < 1.29 is 14.3 Å². The highest BCUT2D eigenvalue weighted by molar-refractivity contribution is 7.99. The SMILES string of the molecule is CCCNC(C)(CCCSCCOC)C(=O)OCC. The van der Waals surface area contributed by atoms with Crippen LogP contribution in [0.25, 0.3) is 0 Å². The largest absolute Gasteiger partial charge is 0.465 e. The van der Waals surface area contributed by atoms with Gasteiger partial charge in [-0.1, -0.05) is 6.92 Å². The number of hydrogen-bond acceptors (Lipinski definition) is 5. The Morgan fingerprint density at radius 2 is 2.05 bits per heavy atom. The van der Waals surface area contributed by atoms with Crippen LogP contribution in [0.4, 0.5) is 0 Å². The van der Waals surface area contributed by atoms with E-state index in [9.17, 15) is 4.79 Å². The van der Waals surface area contributed by atoms with Gasteiger partial charge in [-0.3, -0.25) is 4.79 Å². The van der Waals surface area contributed by atoms with Crippen molar-refractivity contribution in [2.75, 3.05) is 38.4 Å². The highest BCUT2D eigenvalue weighted by atomic mass is 32.2. The van der Waals surface area contributed by atoms with Crippen LogP contribution in [-0.2, 0) is 14.3 Å². The molecular formula is C14H29NO3S. The Balaban J connectivity index is 4.08. The van der Waals surface area contributed by atoms with E-state index in [2.05, 4.69) is 12.2 Å². The smallest absolute Gasteiger partial charge is 0.326 e. The van der Waals surface area contributed by atoms with Crippen LogP contribution in [-0.4, -0.2) is 49.9 Å². The lowest BCUT2D eigenvalue weighted by Crippen LogP contribution is -2.50. The molecule has 1 N–H and O–H groups in total. The van der Waals surface area contributed by atoms with E-state index in [-0.39, 0.29) is 5.97 Å². The zero-order chi connectivity index (χ0) is 14.6. The maximum atomic E-state index is 12.0. The molecule has 0 aliphatic rings. The summed E-state index contributed by atoms with van der Waals surface area (Å²) in [6.07, 6.45) is 2.82. The number of rotatable bonds is 12. The number of nitrogens with one attached hydrogen (secondary N) is 1. The van der Waals surface area contributed by atoms with Gasteiger partial charge in [0.1, 0.15) is 5.54 Å². The third-order valence-corrected chi connectivity index (χ3v) is 3.92. The standard InChI is InChI=1S/C14H29NO3S/c1-5-9-15-14(3,13(16)18-6-2)8-7-11-19-12-10-17-4/h15H,5-12H2,1-4H3. The number of thioether (sulfide) groups is 1. The lowest BCUT2D eigenvalue weighted by molar-refractivity contribution is -0.150. The van der Waals surface area contributed by atoms with Crippen LogP contribution in [0.5, 0.6) is 0 Å². The van der Waals surface area contributed by atoms with Crippen LogP contribution in [0.1, 0.15) is 40.0 Å². The quantitative estimate of drug-likeness (QED) is 0.442. The second kappa shape index (κ2) is 11.6. The molecule has 0 aromatic carbocycles. The molecule has 5 heteroatoms. The van der Waals surface area contributed by atoms with Gasteiger partial charge in [-0.05, 0) is 45.4 Å². The molecule has 1 unspecified atom stereocenters. The van der Waals surface area contributed by atoms with E-state index < -0.39 is 5.54 Å². The first-order valence-corrected chi connectivity index (χ1v) is 8.25. The zero-order valence-corrected chi connectivity index (χ0v) is 13.6. The van der Waals surface area contributed by atoms with Crippen LogP contribution in [0.15, 0.2) is 0 Å². The van der Waals surface area contributed by atoms with Crippen molar-refractivity contribution in [3.05, 3.63) is 0 Å². The Labute approximate surface area is 122 Å². The molecule has 19 heavy (non-hydrogen) atoms. The molecule has 0 amide bonds. The minimum atomic E-state index is -0.548. The zero-order valence-electron chi connectivity index (χ0n) is 12.8. The molecule has 0 fully saturated rings. The fraction of sp³-hybridized carbons (Fsp3) is 0.929. The highest BCUT2D eigenvalue weighted by Gasteiger charge is 2.33. The average Bonchev–Trinajstić information content (AvgIpc) is 2.40. The topological polar surface area (TPSA) is 47.6 Å². The summed E-state index contributed by atoms with van der Waals surface area (Å²) < 4.78 is 10.2. The van der Waals surface area contributed by atoms with Gasteiger partial charge in [-0.25, -0.2) is 0 Å². The van der Waals surface area contributed by atoms with E-state index in [1.54, 1.807) is 7.11 Å². The second-order valence-corrected chi connectivity index (χ2v) is 5.91. The van der Waals surface area contributed by atoms with Gasteiger partial charge in [0, 0.05) is 12.9 Å². The molecule has 0 aromatic rings. The van der Waals surface area contributed by atoms with Crippen LogP contribution >= 0.6 is 11.8 Å². The van der Waals surface area contributed by atoms with E-state index in [0.717, 1.165) is 43.9 Å². The van der Waals surface area contributed by atoms with E-state index in [4.69, 9.17) is 9.47 Å². The highest BCUT2D eigenvalue weighted by Crippen LogP contribution is 2.17. The van der Waals surface area contributed by atoms with Crippen LogP contribution < -0.4 is 5.32 Å². The van der Waals surface area contributed by atoms with Crippen LogP contribution in [0, 0.1) is 0 Å². The van der Waals surface area contributed by atoms with Gasteiger partial charge >= 0.3 is 5.97 Å². The van der Waals surface area contributed by atoms with Crippen molar-refractivity contribution in [1.29, 1.82) is 0 Å². The van der Waals surface area contributed by atoms with Crippen LogP contribution in [0.3, 0.4) is 0 Å². The van der Waals surface area contributed by atoms with E-state index in [1.165, 1.54) is 0 Å². The van der Waals surface area contributed by atoms with E-state index >= 15 is 0 Å². The molecule has 0 saturated carbocycles. The number of carbonyl (C=O) groups excluding carboxylic acids is 1. The number of carbonyl (C=O) groups is 1. The minimum absolute atomic E-state index is 0.134. The first-order valence-electron chi connectivity index (χ1n) is 7.09. The van der Waals surface area contributed by atoms with E-state index in [0.29, 0.717) is 6.61 Å². The van der Waals surface area contributed by atoms with Crippen LogP contribution in [0.2, 0.25) is 0 Å². The summed E-state index contributed by atoms with van der Waals surface area (Å²) in [4.78, 5) is 12.0. The third kappa shape index (κ3) is 8.50. The molecule has 0 aromatic heterocycles. The molecule has 0 aliphatic carbocycles. The molecule has 1 atom stereocenters. The molecule has 114 valence electrons. The molecule has 4 nitrogen and oxygen atoms in total. The first kappa shape index (κ1) is 18.7. The molecule has 0 aliphatic heterocycles. The third-order valence-electron chi connectivity index (χ3n) is 2.89. The number of esters is 1. The lowest BCUT2D eigenvalue weighted by Gasteiger charge is -2.28. The Hall–Kier alpha value is -0.260. The van der Waals surface area contributed by atoms with E-state index in [1.807, 2.05) is 25.6 Å². The van der Waals surface area contributed by atoms with Gasteiger partial charge in [-0.2, -0.15) is 11.8 Å². The molecule has 0 bridgehead atoms. The second-order valence-electron chi connectivity index (χ2n) is 4.69. The summed E-state index contributed by atoms with van der Waals surface area (Å²) in [5, 5.41) is 3.32. The number of hydrogen-bond donors (Lipinski definition) is 1. The summed E-state index contributed by atoms with van der Waals surface area (Å²) in [6.45, 7) is 7.95. The van der Waals surface area contributed by atoms with Crippen molar-refractivity contribution in [3.8, 4) is 0 Å². The van der Waals surface area contributed by atoms with Crippen molar-refractivity contribution in [3.63, 3.8) is 0 Å². The molecule has 0 heterocycles. The fourth-order valence-corrected chi connectivity index (χ4v) is 2.56. The fourth-order valence-electron chi connectivity index (χ4n) is 1.73. The molecule has 0 rings (SSSR count). The number of methoxy groups -OCH3 is 1. The number of ether oxygens (including phenoxy) is 2. The Morgan fingerprint density at radius 3 is 2.63 bits per heavy atom.